The normalized spacial score (nSPS) is 11.4. The van der Waals surface area contributed by atoms with Crippen LogP contribution in [0.25, 0.3) is 0 Å². The van der Waals surface area contributed by atoms with Gasteiger partial charge in [-0.25, -0.2) is 0 Å². The minimum atomic E-state index is -0.0376. The smallest absolute Gasteiger partial charge is 0.101 e. The quantitative estimate of drug-likeness (QED) is 0.821. The highest BCUT2D eigenvalue weighted by Gasteiger charge is 2.10. The fraction of sp³-hybridized carbons (Fsp3) is 0.385. The molecule has 0 bridgehead atoms. The molecule has 0 aliphatic carbocycles. The van der Waals surface area contributed by atoms with Gasteiger partial charge in [0.05, 0.1) is 22.6 Å². The molecule has 0 fully saturated rings. The van der Waals surface area contributed by atoms with Crippen LogP contribution in [0.3, 0.4) is 0 Å². The number of benzene rings is 1. The van der Waals surface area contributed by atoms with Crippen LogP contribution < -0.4 is 4.90 Å². The lowest BCUT2D eigenvalue weighted by Gasteiger charge is -2.24. The molecule has 0 aliphatic heterocycles. The maximum absolute atomic E-state index is 8.82. The number of hydrogen-bond donors (Lipinski definition) is 0. The van der Waals surface area contributed by atoms with E-state index in [-0.39, 0.29) is 5.92 Å². The van der Waals surface area contributed by atoms with Gasteiger partial charge in [0.1, 0.15) is 6.07 Å². The summed E-state index contributed by atoms with van der Waals surface area (Å²) in [7, 11) is 0. The van der Waals surface area contributed by atoms with Crippen molar-refractivity contribution in [1.82, 2.24) is 0 Å². The van der Waals surface area contributed by atoms with E-state index in [1.54, 1.807) is 12.1 Å². The Morgan fingerprint density at radius 2 is 2.12 bits per heavy atom. The Morgan fingerprint density at radius 3 is 2.59 bits per heavy atom. The van der Waals surface area contributed by atoms with Gasteiger partial charge >= 0.3 is 0 Å². The first kappa shape index (κ1) is 13.4. The summed E-state index contributed by atoms with van der Waals surface area (Å²) < 4.78 is 0. The predicted molar refractivity (Wildman–Crippen MR) is 68.8 cm³/mol. The van der Waals surface area contributed by atoms with Gasteiger partial charge in [0.2, 0.25) is 0 Å². The number of nitriles is 2. The topological polar surface area (TPSA) is 50.8 Å². The van der Waals surface area contributed by atoms with E-state index in [4.69, 9.17) is 22.1 Å². The summed E-state index contributed by atoms with van der Waals surface area (Å²) in [4.78, 5) is 2.07. The number of anilines is 1. The molecule has 1 aromatic carbocycles. The second kappa shape index (κ2) is 6.13. The van der Waals surface area contributed by atoms with Crippen molar-refractivity contribution in [3.05, 3.63) is 28.8 Å². The van der Waals surface area contributed by atoms with E-state index in [1.807, 2.05) is 26.0 Å². The first-order valence-corrected chi connectivity index (χ1v) is 5.84. The average Bonchev–Trinajstić information content (AvgIpc) is 2.35. The standard InChI is InChI=1S/C13H14ClN3/c1-3-17(9-10(2)7-15)12-5-4-11(8-16)13(14)6-12/h4-6,10H,3,9H2,1-2H3. The molecule has 0 saturated carbocycles. The maximum atomic E-state index is 8.82. The van der Waals surface area contributed by atoms with Crippen molar-refractivity contribution in [2.45, 2.75) is 13.8 Å². The third-order valence-electron chi connectivity index (χ3n) is 2.53. The lowest BCUT2D eigenvalue weighted by molar-refractivity contribution is 0.686. The molecule has 88 valence electrons. The summed E-state index contributed by atoms with van der Waals surface area (Å²) in [5.41, 5.74) is 1.42. The van der Waals surface area contributed by atoms with Crippen molar-refractivity contribution < 1.29 is 0 Å². The molecule has 0 amide bonds. The lowest BCUT2D eigenvalue weighted by Crippen LogP contribution is -2.27. The molecule has 0 aliphatic rings. The number of halogens is 1. The van der Waals surface area contributed by atoms with Gasteiger partial charge in [0.25, 0.3) is 0 Å². The molecule has 0 heterocycles. The molecule has 0 spiro atoms. The van der Waals surface area contributed by atoms with Gasteiger partial charge in [0, 0.05) is 18.8 Å². The summed E-state index contributed by atoms with van der Waals surface area (Å²) in [6, 6.07) is 9.57. The van der Waals surface area contributed by atoms with Crippen molar-refractivity contribution in [3.63, 3.8) is 0 Å². The van der Waals surface area contributed by atoms with Crippen LogP contribution in [-0.4, -0.2) is 13.1 Å². The number of hydrogen-bond acceptors (Lipinski definition) is 3. The Morgan fingerprint density at radius 1 is 1.41 bits per heavy atom. The van der Waals surface area contributed by atoms with Crippen LogP contribution in [0.5, 0.6) is 0 Å². The summed E-state index contributed by atoms with van der Waals surface area (Å²) in [6.07, 6.45) is 0. The van der Waals surface area contributed by atoms with Gasteiger partial charge in [-0.3, -0.25) is 0 Å². The van der Waals surface area contributed by atoms with Gasteiger partial charge in [-0.05, 0) is 32.0 Å². The van der Waals surface area contributed by atoms with Gasteiger partial charge in [0.15, 0.2) is 0 Å². The second-order valence-electron chi connectivity index (χ2n) is 3.84. The fourth-order valence-electron chi connectivity index (χ4n) is 1.58. The van der Waals surface area contributed by atoms with E-state index in [0.717, 1.165) is 12.2 Å². The predicted octanol–water partition coefficient (Wildman–Crippen LogP) is 3.20. The molecule has 3 nitrogen and oxygen atoms in total. The molecular weight excluding hydrogens is 234 g/mol. The number of nitrogens with zero attached hydrogens (tertiary/aromatic N) is 3. The van der Waals surface area contributed by atoms with E-state index in [9.17, 15) is 0 Å². The van der Waals surface area contributed by atoms with Gasteiger partial charge in [-0.1, -0.05) is 11.6 Å². The highest BCUT2D eigenvalue weighted by molar-refractivity contribution is 6.32. The monoisotopic (exact) mass is 247 g/mol. The van der Waals surface area contributed by atoms with Crippen LogP contribution >= 0.6 is 11.6 Å². The van der Waals surface area contributed by atoms with Gasteiger partial charge in [-0.15, -0.1) is 0 Å². The van der Waals surface area contributed by atoms with Crippen LogP contribution in [0.4, 0.5) is 5.69 Å². The van der Waals surface area contributed by atoms with Crippen molar-refractivity contribution in [3.8, 4) is 12.1 Å². The first-order valence-electron chi connectivity index (χ1n) is 5.46. The Hall–Kier alpha value is -1.71. The number of rotatable bonds is 4. The van der Waals surface area contributed by atoms with E-state index in [1.165, 1.54) is 0 Å². The van der Waals surface area contributed by atoms with Crippen molar-refractivity contribution >= 4 is 17.3 Å². The van der Waals surface area contributed by atoms with E-state index in [0.29, 0.717) is 17.1 Å². The largest absolute Gasteiger partial charge is 0.370 e. The van der Waals surface area contributed by atoms with E-state index in [2.05, 4.69) is 11.0 Å². The molecule has 1 rings (SSSR count). The van der Waals surface area contributed by atoms with Crippen LogP contribution in [0.1, 0.15) is 19.4 Å². The van der Waals surface area contributed by atoms with E-state index >= 15 is 0 Å². The molecule has 0 radical (unpaired) electrons. The third kappa shape index (κ3) is 3.37. The zero-order valence-electron chi connectivity index (χ0n) is 9.94. The zero-order valence-corrected chi connectivity index (χ0v) is 10.7. The second-order valence-corrected chi connectivity index (χ2v) is 4.25. The highest BCUT2D eigenvalue weighted by atomic mass is 35.5. The lowest BCUT2D eigenvalue weighted by atomic mass is 10.1. The molecule has 1 atom stereocenters. The Balaban J connectivity index is 2.94. The van der Waals surface area contributed by atoms with Crippen LogP contribution in [0, 0.1) is 28.6 Å². The summed E-state index contributed by atoms with van der Waals surface area (Å²) in [6.45, 7) is 5.37. The summed E-state index contributed by atoms with van der Waals surface area (Å²) in [5, 5.41) is 18.1. The Bertz CT molecular complexity index is 471. The highest BCUT2D eigenvalue weighted by Crippen LogP contribution is 2.23. The van der Waals surface area contributed by atoms with E-state index < -0.39 is 0 Å². The van der Waals surface area contributed by atoms with Crippen LogP contribution in [0.2, 0.25) is 5.02 Å². The molecule has 1 unspecified atom stereocenters. The van der Waals surface area contributed by atoms with Crippen molar-refractivity contribution in [2.24, 2.45) is 5.92 Å². The SMILES string of the molecule is CCN(CC(C)C#N)c1ccc(C#N)c(Cl)c1. The van der Waals surface area contributed by atoms with Crippen molar-refractivity contribution in [2.75, 3.05) is 18.0 Å². The maximum Gasteiger partial charge on any atom is 0.101 e. The third-order valence-corrected chi connectivity index (χ3v) is 2.85. The summed E-state index contributed by atoms with van der Waals surface area (Å²) in [5.74, 6) is -0.0376. The average molecular weight is 248 g/mol. The summed E-state index contributed by atoms with van der Waals surface area (Å²) >= 11 is 5.99. The zero-order chi connectivity index (χ0) is 12.8. The first-order chi connectivity index (χ1) is 8.12. The Labute approximate surface area is 107 Å². The molecule has 0 saturated heterocycles. The molecule has 17 heavy (non-hydrogen) atoms. The van der Waals surface area contributed by atoms with Gasteiger partial charge < -0.3 is 4.90 Å². The molecule has 0 N–H and O–H groups in total. The van der Waals surface area contributed by atoms with Crippen LogP contribution in [-0.2, 0) is 0 Å². The Kier molecular flexibility index (Phi) is 4.82. The molecule has 1 aromatic rings. The fourth-order valence-corrected chi connectivity index (χ4v) is 1.80. The minimum absolute atomic E-state index is 0.0376. The molecule has 4 heteroatoms. The van der Waals surface area contributed by atoms with Crippen molar-refractivity contribution in [1.29, 1.82) is 10.5 Å². The van der Waals surface area contributed by atoms with Crippen LogP contribution in [0.15, 0.2) is 18.2 Å². The molecule has 0 aromatic heterocycles. The minimum Gasteiger partial charge on any atom is -0.370 e. The van der Waals surface area contributed by atoms with Gasteiger partial charge in [-0.2, -0.15) is 10.5 Å². The molecular formula is C13H14ClN3.